The van der Waals surface area contributed by atoms with E-state index in [1.165, 1.54) is 19.3 Å². The van der Waals surface area contributed by atoms with Crippen LogP contribution in [0.1, 0.15) is 79.1 Å². The second-order valence-corrected chi connectivity index (χ2v) is 6.12. The molecule has 0 amide bonds. The summed E-state index contributed by atoms with van der Waals surface area (Å²) in [6.45, 7) is 8.19. The summed E-state index contributed by atoms with van der Waals surface area (Å²) in [5.74, 6) is -0.00431. The zero-order valence-corrected chi connectivity index (χ0v) is 12.0. The molecule has 2 heteroatoms. The van der Waals surface area contributed by atoms with E-state index in [1.807, 2.05) is 13.8 Å². The molecule has 100 valence electrons. The standard InChI is InChI=1S/C15H28O2/c1-5-10-15(11-8-7-9-12-15)17-13(16)14(3,4)6-2/h5-12H2,1-4H3. The third-order valence-electron chi connectivity index (χ3n) is 4.22. The second kappa shape index (κ2) is 5.88. The normalized spacial score (nSPS) is 20.0. The van der Waals surface area contributed by atoms with Crippen LogP contribution in [0.15, 0.2) is 0 Å². The van der Waals surface area contributed by atoms with E-state index >= 15 is 0 Å². The molecule has 1 rings (SSSR count). The van der Waals surface area contributed by atoms with E-state index in [1.54, 1.807) is 0 Å². The predicted molar refractivity (Wildman–Crippen MR) is 70.9 cm³/mol. The van der Waals surface area contributed by atoms with E-state index in [0.717, 1.165) is 32.1 Å². The number of esters is 1. The topological polar surface area (TPSA) is 26.3 Å². The van der Waals surface area contributed by atoms with Crippen LogP contribution in [-0.2, 0) is 9.53 Å². The fourth-order valence-corrected chi connectivity index (χ4v) is 2.53. The van der Waals surface area contributed by atoms with E-state index in [9.17, 15) is 4.79 Å². The smallest absolute Gasteiger partial charge is 0.312 e. The summed E-state index contributed by atoms with van der Waals surface area (Å²) >= 11 is 0. The third-order valence-corrected chi connectivity index (χ3v) is 4.22. The van der Waals surface area contributed by atoms with Crippen molar-refractivity contribution in [2.45, 2.75) is 84.7 Å². The molecule has 1 aliphatic rings. The third kappa shape index (κ3) is 3.72. The molecule has 1 saturated carbocycles. The van der Waals surface area contributed by atoms with Crippen LogP contribution in [-0.4, -0.2) is 11.6 Å². The molecule has 0 heterocycles. The van der Waals surface area contributed by atoms with Gasteiger partial charge in [-0.2, -0.15) is 0 Å². The van der Waals surface area contributed by atoms with Crippen molar-refractivity contribution in [1.82, 2.24) is 0 Å². The Morgan fingerprint density at radius 3 is 2.24 bits per heavy atom. The first-order chi connectivity index (χ1) is 7.96. The molecule has 0 aromatic carbocycles. The molecule has 2 nitrogen and oxygen atoms in total. The summed E-state index contributed by atoms with van der Waals surface area (Å²) in [5.41, 5.74) is -0.477. The van der Waals surface area contributed by atoms with Gasteiger partial charge in [-0.15, -0.1) is 0 Å². The number of hydrogen-bond acceptors (Lipinski definition) is 2. The van der Waals surface area contributed by atoms with Gasteiger partial charge in [-0.3, -0.25) is 4.79 Å². The monoisotopic (exact) mass is 240 g/mol. The number of rotatable bonds is 5. The minimum atomic E-state index is -0.335. The molecular weight excluding hydrogens is 212 g/mol. The maximum Gasteiger partial charge on any atom is 0.312 e. The molecule has 1 aliphatic carbocycles. The Balaban J connectivity index is 2.69. The van der Waals surface area contributed by atoms with Crippen LogP contribution < -0.4 is 0 Å². The Morgan fingerprint density at radius 2 is 1.76 bits per heavy atom. The number of ether oxygens (including phenoxy) is 1. The van der Waals surface area contributed by atoms with Crippen LogP contribution >= 0.6 is 0 Å². The molecule has 1 fully saturated rings. The molecule has 0 unspecified atom stereocenters. The van der Waals surface area contributed by atoms with Gasteiger partial charge < -0.3 is 4.74 Å². The van der Waals surface area contributed by atoms with E-state index in [-0.39, 0.29) is 17.0 Å². The lowest BCUT2D eigenvalue weighted by Crippen LogP contribution is -2.41. The van der Waals surface area contributed by atoms with Gasteiger partial charge in [0.1, 0.15) is 5.60 Å². The van der Waals surface area contributed by atoms with Crippen molar-refractivity contribution in [1.29, 1.82) is 0 Å². The summed E-state index contributed by atoms with van der Waals surface area (Å²) in [7, 11) is 0. The first-order valence-electron chi connectivity index (χ1n) is 7.19. The molecule has 0 aromatic heterocycles. The minimum Gasteiger partial charge on any atom is -0.459 e. The Labute approximate surface area is 106 Å². The average molecular weight is 240 g/mol. The minimum absolute atomic E-state index is 0.00431. The predicted octanol–water partition coefficient (Wildman–Crippen LogP) is 4.47. The molecule has 17 heavy (non-hydrogen) atoms. The van der Waals surface area contributed by atoms with Crippen molar-refractivity contribution < 1.29 is 9.53 Å². The van der Waals surface area contributed by atoms with Crippen molar-refractivity contribution in [2.75, 3.05) is 0 Å². The van der Waals surface area contributed by atoms with Crippen LogP contribution in [0.4, 0.5) is 0 Å². The Hall–Kier alpha value is -0.530. The molecular formula is C15H28O2. The quantitative estimate of drug-likeness (QED) is 0.663. The van der Waals surface area contributed by atoms with Gasteiger partial charge in [0.2, 0.25) is 0 Å². The van der Waals surface area contributed by atoms with Crippen molar-refractivity contribution in [3.05, 3.63) is 0 Å². The molecule has 0 radical (unpaired) electrons. The summed E-state index contributed by atoms with van der Waals surface area (Å²) < 4.78 is 5.94. The zero-order valence-electron chi connectivity index (χ0n) is 12.0. The summed E-state index contributed by atoms with van der Waals surface area (Å²) in [6, 6.07) is 0. The van der Waals surface area contributed by atoms with Gasteiger partial charge >= 0.3 is 5.97 Å². The molecule has 0 aliphatic heterocycles. The van der Waals surface area contributed by atoms with E-state index < -0.39 is 0 Å². The lowest BCUT2D eigenvalue weighted by Gasteiger charge is -2.39. The van der Waals surface area contributed by atoms with E-state index in [4.69, 9.17) is 4.74 Å². The zero-order chi connectivity index (χ0) is 12.9. The number of hydrogen-bond donors (Lipinski definition) is 0. The van der Waals surface area contributed by atoms with E-state index in [2.05, 4.69) is 13.8 Å². The molecule has 0 aromatic rings. The van der Waals surface area contributed by atoms with Crippen LogP contribution in [0.2, 0.25) is 0 Å². The molecule has 0 N–H and O–H groups in total. The van der Waals surface area contributed by atoms with Crippen LogP contribution in [0, 0.1) is 5.41 Å². The fraction of sp³-hybridized carbons (Fsp3) is 0.933. The van der Waals surface area contributed by atoms with E-state index in [0.29, 0.717) is 0 Å². The highest BCUT2D eigenvalue weighted by molar-refractivity contribution is 5.76. The van der Waals surface area contributed by atoms with Crippen molar-refractivity contribution in [3.8, 4) is 0 Å². The molecule has 0 saturated heterocycles. The van der Waals surface area contributed by atoms with Crippen molar-refractivity contribution in [2.24, 2.45) is 5.41 Å². The Morgan fingerprint density at radius 1 is 1.18 bits per heavy atom. The summed E-state index contributed by atoms with van der Waals surface area (Å²) in [6.07, 6.45) is 8.80. The van der Waals surface area contributed by atoms with Gasteiger partial charge in [0.15, 0.2) is 0 Å². The Bertz CT molecular complexity index is 244. The highest BCUT2D eigenvalue weighted by Gasteiger charge is 2.38. The lowest BCUT2D eigenvalue weighted by molar-refractivity contribution is -0.175. The summed E-state index contributed by atoms with van der Waals surface area (Å²) in [4.78, 5) is 12.2. The van der Waals surface area contributed by atoms with Crippen molar-refractivity contribution in [3.63, 3.8) is 0 Å². The van der Waals surface area contributed by atoms with Crippen LogP contribution in [0.25, 0.3) is 0 Å². The first kappa shape index (κ1) is 14.5. The maximum atomic E-state index is 12.2. The van der Waals surface area contributed by atoms with Gasteiger partial charge in [0.05, 0.1) is 5.41 Å². The largest absolute Gasteiger partial charge is 0.459 e. The van der Waals surface area contributed by atoms with Gasteiger partial charge in [0.25, 0.3) is 0 Å². The summed E-state index contributed by atoms with van der Waals surface area (Å²) in [5, 5.41) is 0. The molecule has 0 bridgehead atoms. The lowest BCUT2D eigenvalue weighted by atomic mass is 9.81. The maximum absolute atomic E-state index is 12.2. The van der Waals surface area contributed by atoms with Gasteiger partial charge in [-0.05, 0) is 52.4 Å². The first-order valence-corrected chi connectivity index (χ1v) is 7.19. The average Bonchev–Trinajstić information content (AvgIpc) is 2.30. The molecule has 0 spiro atoms. The Kier molecular flexibility index (Phi) is 5.03. The van der Waals surface area contributed by atoms with Crippen LogP contribution in [0.3, 0.4) is 0 Å². The van der Waals surface area contributed by atoms with Gasteiger partial charge in [-0.1, -0.05) is 26.7 Å². The highest BCUT2D eigenvalue weighted by Crippen LogP contribution is 2.37. The molecule has 0 atom stereocenters. The fourth-order valence-electron chi connectivity index (χ4n) is 2.53. The highest BCUT2D eigenvalue weighted by atomic mass is 16.6. The second-order valence-electron chi connectivity index (χ2n) is 6.12. The van der Waals surface area contributed by atoms with Crippen LogP contribution in [0.5, 0.6) is 0 Å². The van der Waals surface area contributed by atoms with Gasteiger partial charge in [-0.25, -0.2) is 0 Å². The number of carbonyl (C=O) groups is 1. The van der Waals surface area contributed by atoms with Crippen molar-refractivity contribution >= 4 is 5.97 Å². The number of carbonyl (C=O) groups excluding carboxylic acids is 1. The SMILES string of the molecule is CCCC1(OC(=O)C(C)(C)CC)CCCCC1. The van der Waals surface area contributed by atoms with Gasteiger partial charge in [0, 0.05) is 0 Å².